The fourth-order valence-corrected chi connectivity index (χ4v) is 4.11. The maximum absolute atomic E-state index is 12.6. The number of carbonyl (C=O) groups excluding carboxylic acids is 3. The molecule has 1 rings (SSSR count). The molecule has 6 heteroatoms. The van der Waals surface area contributed by atoms with Crippen LogP contribution in [0.1, 0.15) is 72.6 Å². The van der Waals surface area contributed by atoms with Crippen LogP contribution in [-0.2, 0) is 19.1 Å². The van der Waals surface area contributed by atoms with Crippen LogP contribution in [0.5, 0.6) is 0 Å². The Hall–Kier alpha value is -1.04. The quantitative estimate of drug-likeness (QED) is 0.340. The summed E-state index contributed by atoms with van der Waals surface area (Å²) in [5, 5.41) is 0. The number of nitrogens with zero attached hydrogens (tertiary/aromatic N) is 1. The Bertz CT molecular complexity index is 450. The lowest BCUT2D eigenvalue weighted by Crippen LogP contribution is -2.52. The number of hydrogen-bond acceptors (Lipinski definition) is 5. The highest BCUT2D eigenvalue weighted by Gasteiger charge is 2.48. The van der Waals surface area contributed by atoms with Gasteiger partial charge in [0.15, 0.2) is 0 Å². The van der Waals surface area contributed by atoms with Gasteiger partial charge in [-0.05, 0) is 27.2 Å². The van der Waals surface area contributed by atoms with E-state index in [1.54, 1.807) is 6.92 Å². The molecule has 5 nitrogen and oxygen atoms in total. The molecule has 0 aromatic rings. The van der Waals surface area contributed by atoms with Crippen LogP contribution in [0.3, 0.4) is 0 Å². The van der Waals surface area contributed by atoms with Crippen molar-refractivity contribution >= 4 is 29.4 Å². The topological polar surface area (TPSA) is 63.7 Å². The van der Waals surface area contributed by atoms with Crippen LogP contribution in [0, 0.1) is 0 Å². The fourth-order valence-electron chi connectivity index (χ4n) is 2.91. The van der Waals surface area contributed by atoms with Gasteiger partial charge in [-0.1, -0.05) is 39.0 Å². The SMILES string of the molecule is CCCCCCCCC(=O)C(=O)N1[C@H](C(=O)OCC)CSC1(C)C. The van der Waals surface area contributed by atoms with Gasteiger partial charge in [0.1, 0.15) is 6.04 Å². The molecule has 1 fully saturated rings. The zero-order valence-corrected chi connectivity index (χ0v) is 16.2. The van der Waals surface area contributed by atoms with E-state index in [1.807, 2.05) is 13.8 Å². The molecule has 0 saturated carbocycles. The van der Waals surface area contributed by atoms with Crippen LogP contribution in [0.2, 0.25) is 0 Å². The number of thioether (sulfide) groups is 1. The first-order valence-electron chi connectivity index (χ1n) is 9.02. The number of rotatable bonds is 10. The Morgan fingerprint density at radius 1 is 1.08 bits per heavy atom. The van der Waals surface area contributed by atoms with Crippen LogP contribution in [0.15, 0.2) is 0 Å². The second-order valence-corrected chi connectivity index (χ2v) is 8.26. The number of ether oxygens (including phenoxy) is 1. The molecule has 0 N–H and O–H groups in total. The minimum atomic E-state index is -0.661. The minimum absolute atomic E-state index is 0.262. The number of Topliss-reactive ketones (excluding diaryl/α,β-unsaturated/α-hetero) is 1. The highest BCUT2D eigenvalue weighted by molar-refractivity contribution is 8.00. The second-order valence-electron chi connectivity index (χ2n) is 6.64. The van der Waals surface area contributed by atoms with E-state index in [2.05, 4.69) is 6.92 Å². The van der Waals surface area contributed by atoms with Crippen LogP contribution < -0.4 is 0 Å². The molecule has 0 bridgehead atoms. The Morgan fingerprint density at radius 2 is 1.71 bits per heavy atom. The summed E-state index contributed by atoms with van der Waals surface area (Å²) in [6.07, 6.45) is 6.66. The molecular weight excluding hydrogens is 326 g/mol. The van der Waals surface area contributed by atoms with Crippen LogP contribution in [0.25, 0.3) is 0 Å². The average molecular weight is 358 g/mol. The van der Waals surface area contributed by atoms with Crippen molar-refractivity contribution in [3.8, 4) is 0 Å². The average Bonchev–Trinajstić information content (AvgIpc) is 2.85. The highest BCUT2D eigenvalue weighted by atomic mass is 32.2. The van der Waals surface area contributed by atoms with E-state index in [4.69, 9.17) is 4.74 Å². The Kier molecular flexibility index (Phi) is 8.81. The summed E-state index contributed by atoms with van der Waals surface area (Å²) in [6, 6.07) is -0.661. The number of unbranched alkanes of at least 4 members (excludes halogenated alkanes) is 5. The summed E-state index contributed by atoms with van der Waals surface area (Å²) in [5.41, 5.74) is 0. The molecule has 0 radical (unpaired) electrons. The maximum atomic E-state index is 12.6. The molecule has 0 spiro atoms. The Balaban J connectivity index is 2.58. The van der Waals surface area contributed by atoms with Crippen molar-refractivity contribution in [2.75, 3.05) is 12.4 Å². The van der Waals surface area contributed by atoms with Gasteiger partial charge in [-0.2, -0.15) is 0 Å². The molecule has 0 aromatic carbocycles. The molecule has 1 aliphatic heterocycles. The van der Waals surface area contributed by atoms with E-state index in [-0.39, 0.29) is 13.0 Å². The van der Waals surface area contributed by atoms with Crippen molar-refractivity contribution in [2.24, 2.45) is 0 Å². The van der Waals surface area contributed by atoms with Crippen LogP contribution in [0.4, 0.5) is 0 Å². The molecule has 1 aliphatic rings. The Morgan fingerprint density at radius 3 is 2.33 bits per heavy atom. The Labute approximate surface area is 149 Å². The predicted octanol–water partition coefficient (Wildman–Crippen LogP) is 3.55. The maximum Gasteiger partial charge on any atom is 0.329 e. The van der Waals surface area contributed by atoms with Crippen molar-refractivity contribution in [3.63, 3.8) is 0 Å². The first kappa shape index (κ1) is 21.0. The number of amides is 1. The predicted molar refractivity (Wildman–Crippen MR) is 96.8 cm³/mol. The molecule has 0 aliphatic carbocycles. The smallest absolute Gasteiger partial charge is 0.329 e. The standard InChI is InChI=1S/C18H31NO4S/c1-5-7-8-9-10-11-12-15(20)16(21)19-14(17(22)23-6-2)13-24-18(19,3)4/h14H,5-13H2,1-4H3/t14-/m0/s1. The van der Waals surface area contributed by atoms with Gasteiger partial charge in [-0.25, -0.2) is 4.79 Å². The van der Waals surface area contributed by atoms with E-state index in [0.29, 0.717) is 5.75 Å². The lowest BCUT2D eigenvalue weighted by atomic mass is 10.1. The van der Waals surface area contributed by atoms with Gasteiger partial charge in [0.05, 0.1) is 11.5 Å². The van der Waals surface area contributed by atoms with E-state index in [0.717, 1.165) is 19.3 Å². The lowest BCUT2D eigenvalue weighted by Gasteiger charge is -2.33. The molecule has 1 heterocycles. The van der Waals surface area contributed by atoms with Crippen molar-refractivity contribution in [1.29, 1.82) is 0 Å². The normalized spacial score (nSPS) is 19.3. The first-order chi connectivity index (χ1) is 11.3. The van der Waals surface area contributed by atoms with Gasteiger partial charge in [0, 0.05) is 12.2 Å². The van der Waals surface area contributed by atoms with E-state index >= 15 is 0 Å². The van der Waals surface area contributed by atoms with Crippen LogP contribution >= 0.6 is 11.8 Å². The van der Waals surface area contributed by atoms with E-state index in [1.165, 1.54) is 35.9 Å². The van der Waals surface area contributed by atoms with Gasteiger partial charge in [0.2, 0.25) is 5.78 Å². The zero-order chi connectivity index (χ0) is 18.2. The third kappa shape index (κ3) is 5.80. The van der Waals surface area contributed by atoms with E-state index < -0.39 is 28.6 Å². The highest BCUT2D eigenvalue weighted by Crippen LogP contribution is 2.39. The van der Waals surface area contributed by atoms with Crippen LogP contribution in [-0.4, -0.2) is 45.8 Å². The number of ketones is 1. The van der Waals surface area contributed by atoms with Gasteiger partial charge in [-0.15, -0.1) is 11.8 Å². The molecule has 1 saturated heterocycles. The van der Waals surface area contributed by atoms with Crippen molar-refractivity contribution in [2.45, 2.75) is 83.6 Å². The minimum Gasteiger partial charge on any atom is -0.464 e. The lowest BCUT2D eigenvalue weighted by molar-refractivity contribution is -0.157. The van der Waals surface area contributed by atoms with Gasteiger partial charge in [0.25, 0.3) is 5.91 Å². The van der Waals surface area contributed by atoms with E-state index in [9.17, 15) is 14.4 Å². The molecule has 0 unspecified atom stereocenters. The number of esters is 1. The molecule has 1 atom stereocenters. The third-order valence-electron chi connectivity index (χ3n) is 4.26. The van der Waals surface area contributed by atoms with Gasteiger partial charge >= 0.3 is 5.97 Å². The van der Waals surface area contributed by atoms with Gasteiger partial charge < -0.3 is 9.64 Å². The molecular formula is C18H31NO4S. The monoisotopic (exact) mass is 357 g/mol. The largest absolute Gasteiger partial charge is 0.464 e. The molecule has 138 valence electrons. The fraction of sp³-hybridized carbons (Fsp3) is 0.833. The molecule has 0 aromatic heterocycles. The van der Waals surface area contributed by atoms with Gasteiger partial charge in [-0.3, -0.25) is 9.59 Å². The number of hydrogen-bond donors (Lipinski definition) is 0. The third-order valence-corrected chi connectivity index (χ3v) is 5.65. The summed E-state index contributed by atoms with van der Waals surface area (Å²) in [5.74, 6) is -0.884. The molecule has 24 heavy (non-hydrogen) atoms. The second kappa shape index (κ2) is 10.1. The summed E-state index contributed by atoms with van der Waals surface area (Å²) < 4.78 is 5.06. The summed E-state index contributed by atoms with van der Waals surface area (Å²) in [4.78, 5) is 37.8. The zero-order valence-electron chi connectivity index (χ0n) is 15.4. The van der Waals surface area contributed by atoms with Crippen molar-refractivity contribution < 1.29 is 19.1 Å². The summed E-state index contributed by atoms with van der Waals surface area (Å²) in [7, 11) is 0. The summed E-state index contributed by atoms with van der Waals surface area (Å²) >= 11 is 1.51. The number of carbonyl (C=O) groups is 3. The first-order valence-corrected chi connectivity index (χ1v) is 10.0. The van der Waals surface area contributed by atoms with Crippen molar-refractivity contribution in [3.05, 3.63) is 0 Å². The molecule has 1 amide bonds. The summed E-state index contributed by atoms with van der Waals surface area (Å²) in [6.45, 7) is 7.91. The van der Waals surface area contributed by atoms with Crippen molar-refractivity contribution in [1.82, 2.24) is 4.90 Å².